The van der Waals surface area contributed by atoms with Gasteiger partial charge in [-0.15, -0.1) is 0 Å². The minimum atomic E-state index is 0.682. The van der Waals surface area contributed by atoms with Crippen molar-refractivity contribution >= 4 is 5.95 Å². The predicted octanol–water partition coefficient (Wildman–Crippen LogP) is 1.62. The van der Waals surface area contributed by atoms with Gasteiger partial charge < -0.3 is 9.88 Å². The van der Waals surface area contributed by atoms with Crippen molar-refractivity contribution < 1.29 is 0 Å². The van der Waals surface area contributed by atoms with E-state index in [1.807, 2.05) is 14.0 Å². The lowest BCUT2D eigenvalue weighted by atomic mass is 10.2. The van der Waals surface area contributed by atoms with E-state index in [4.69, 9.17) is 0 Å². The van der Waals surface area contributed by atoms with Crippen LogP contribution in [0.3, 0.4) is 0 Å². The second kappa shape index (κ2) is 4.87. The Kier molecular flexibility index (Phi) is 3.49. The number of anilines is 1. The summed E-state index contributed by atoms with van der Waals surface area (Å²) in [7, 11) is 2.04. The maximum absolute atomic E-state index is 4.46. The molecular formula is C12H22N4. The van der Waals surface area contributed by atoms with Crippen molar-refractivity contribution in [2.24, 2.45) is 7.05 Å². The molecule has 1 aromatic heterocycles. The van der Waals surface area contributed by atoms with Crippen molar-refractivity contribution in [3.8, 4) is 0 Å². The number of aromatic nitrogens is 2. The van der Waals surface area contributed by atoms with Gasteiger partial charge in [-0.3, -0.25) is 4.90 Å². The molecule has 0 spiro atoms. The zero-order valence-corrected chi connectivity index (χ0v) is 10.5. The highest BCUT2D eigenvalue weighted by Gasteiger charge is 2.22. The van der Waals surface area contributed by atoms with E-state index in [-0.39, 0.29) is 0 Å². The Labute approximate surface area is 97.7 Å². The third-order valence-electron chi connectivity index (χ3n) is 3.40. The summed E-state index contributed by atoms with van der Waals surface area (Å²) in [6, 6.07) is 0.682. The molecule has 0 amide bonds. The average molecular weight is 222 g/mol. The van der Waals surface area contributed by atoms with Gasteiger partial charge in [0.1, 0.15) is 0 Å². The molecule has 1 aliphatic heterocycles. The van der Waals surface area contributed by atoms with Crippen LogP contribution in [0.1, 0.15) is 25.5 Å². The summed E-state index contributed by atoms with van der Waals surface area (Å²) in [6.45, 7) is 7.69. The minimum Gasteiger partial charge on any atom is -0.354 e. The topological polar surface area (TPSA) is 33.1 Å². The van der Waals surface area contributed by atoms with Crippen LogP contribution in [0.15, 0.2) is 6.20 Å². The van der Waals surface area contributed by atoms with Crippen molar-refractivity contribution in [1.82, 2.24) is 14.5 Å². The zero-order valence-electron chi connectivity index (χ0n) is 10.5. The quantitative estimate of drug-likeness (QED) is 0.840. The smallest absolute Gasteiger partial charge is 0.202 e. The normalized spacial score (nSPS) is 21.6. The van der Waals surface area contributed by atoms with E-state index in [0.29, 0.717) is 6.04 Å². The monoisotopic (exact) mass is 222 g/mol. The van der Waals surface area contributed by atoms with Gasteiger partial charge in [0.15, 0.2) is 0 Å². The zero-order chi connectivity index (χ0) is 11.5. The minimum absolute atomic E-state index is 0.682. The molecule has 1 aliphatic rings. The fourth-order valence-corrected chi connectivity index (χ4v) is 2.53. The highest BCUT2D eigenvalue weighted by molar-refractivity contribution is 5.28. The molecule has 0 saturated carbocycles. The van der Waals surface area contributed by atoms with Crippen LogP contribution in [0, 0.1) is 6.92 Å². The summed E-state index contributed by atoms with van der Waals surface area (Å²) in [5.41, 5.74) is 1.07. The Hall–Kier alpha value is -1.03. The number of likely N-dealkylation sites (N-methyl/N-ethyl adjacent to an activating group) is 1. The van der Waals surface area contributed by atoms with Crippen molar-refractivity contribution in [2.75, 3.05) is 25.0 Å². The molecule has 0 bridgehead atoms. The molecule has 2 rings (SSSR count). The fraction of sp³-hybridized carbons (Fsp3) is 0.750. The third-order valence-corrected chi connectivity index (χ3v) is 3.40. The molecule has 2 heterocycles. The summed E-state index contributed by atoms with van der Waals surface area (Å²) in [5.74, 6) is 0.987. The van der Waals surface area contributed by atoms with E-state index in [1.54, 1.807) is 0 Å². The number of rotatable bonds is 4. The van der Waals surface area contributed by atoms with Gasteiger partial charge in [0.2, 0.25) is 5.95 Å². The Morgan fingerprint density at radius 2 is 2.38 bits per heavy atom. The van der Waals surface area contributed by atoms with Crippen LogP contribution in [-0.4, -0.2) is 40.1 Å². The Morgan fingerprint density at radius 3 is 3.00 bits per heavy atom. The summed E-state index contributed by atoms with van der Waals surface area (Å²) >= 11 is 0. The van der Waals surface area contributed by atoms with Crippen molar-refractivity contribution in [3.63, 3.8) is 0 Å². The molecule has 0 radical (unpaired) electrons. The SMILES string of the molecule is CCN1CCCC1CNc1nc(C)cn1C. The molecular weight excluding hydrogens is 200 g/mol. The van der Waals surface area contributed by atoms with Crippen LogP contribution in [0.2, 0.25) is 0 Å². The molecule has 4 nitrogen and oxygen atoms in total. The Balaban J connectivity index is 1.89. The third kappa shape index (κ3) is 2.38. The van der Waals surface area contributed by atoms with E-state index in [0.717, 1.165) is 24.7 Å². The van der Waals surface area contributed by atoms with Crippen LogP contribution >= 0.6 is 0 Å². The van der Waals surface area contributed by atoms with Crippen LogP contribution in [0.4, 0.5) is 5.95 Å². The van der Waals surface area contributed by atoms with E-state index >= 15 is 0 Å². The number of aryl methyl sites for hydroxylation is 2. The fourth-order valence-electron chi connectivity index (χ4n) is 2.53. The lowest BCUT2D eigenvalue weighted by Crippen LogP contribution is -2.35. The van der Waals surface area contributed by atoms with Gasteiger partial charge in [-0.1, -0.05) is 6.92 Å². The van der Waals surface area contributed by atoms with Gasteiger partial charge in [0.25, 0.3) is 0 Å². The maximum Gasteiger partial charge on any atom is 0.202 e. The van der Waals surface area contributed by atoms with Gasteiger partial charge in [-0.05, 0) is 32.9 Å². The number of hydrogen-bond acceptors (Lipinski definition) is 3. The second-order valence-electron chi connectivity index (χ2n) is 4.62. The average Bonchev–Trinajstić information content (AvgIpc) is 2.81. The molecule has 0 aliphatic carbocycles. The Morgan fingerprint density at radius 1 is 1.56 bits per heavy atom. The van der Waals surface area contributed by atoms with E-state index < -0.39 is 0 Å². The van der Waals surface area contributed by atoms with Crippen LogP contribution in [0.25, 0.3) is 0 Å². The molecule has 1 aromatic rings. The van der Waals surface area contributed by atoms with Gasteiger partial charge in [0.05, 0.1) is 5.69 Å². The molecule has 1 unspecified atom stereocenters. The predicted molar refractivity (Wildman–Crippen MR) is 66.7 cm³/mol. The largest absolute Gasteiger partial charge is 0.354 e. The van der Waals surface area contributed by atoms with Crippen LogP contribution in [-0.2, 0) is 7.05 Å². The van der Waals surface area contributed by atoms with Gasteiger partial charge >= 0.3 is 0 Å². The second-order valence-corrected chi connectivity index (χ2v) is 4.62. The van der Waals surface area contributed by atoms with Crippen molar-refractivity contribution in [2.45, 2.75) is 32.7 Å². The molecule has 1 N–H and O–H groups in total. The first-order valence-corrected chi connectivity index (χ1v) is 6.18. The Bertz CT molecular complexity index is 345. The first-order chi connectivity index (χ1) is 7.70. The van der Waals surface area contributed by atoms with Crippen molar-refractivity contribution in [3.05, 3.63) is 11.9 Å². The summed E-state index contributed by atoms with van der Waals surface area (Å²) < 4.78 is 2.06. The van der Waals surface area contributed by atoms with Crippen molar-refractivity contribution in [1.29, 1.82) is 0 Å². The standard InChI is InChI=1S/C12H22N4/c1-4-16-7-5-6-11(16)8-13-12-14-10(2)9-15(12)3/h9,11H,4-8H2,1-3H3,(H,13,14). The molecule has 1 fully saturated rings. The molecule has 1 atom stereocenters. The molecule has 4 heteroatoms. The molecule has 90 valence electrons. The van der Waals surface area contributed by atoms with Gasteiger partial charge in [0, 0.05) is 25.8 Å². The lowest BCUT2D eigenvalue weighted by Gasteiger charge is -2.23. The number of hydrogen-bond donors (Lipinski definition) is 1. The highest BCUT2D eigenvalue weighted by Crippen LogP contribution is 2.17. The lowest BCUT2D eigenvalue weighted by molar-refractivity contribution is 0.276. The molecule has 1 saturated heterocycles. The molecule has 16 heavy (non-hydrogen) atoms. The number of likely N-dealkylation sites (tertiary alicyclic amines) is 1. The summed E-state index contributed by atoms with van der Waals surface area (Å²) in [6.07, 6.45) is 4.69. The van der Waals surface area contributed by atoms with Crippen LogP contribution < -0.4 is 5.32 Å². The van der Waals surface area contributed by atoms with Crippen LogP contribution in [0.5, 0.6) is 0 Å². The maximum atomic E-state index is 4.46. The van der Waals surface area contributed by atoms with E-state index in [1.165, 1.54) is 19.4 Å². The van der Waals surface area contributed by atoms with E-state index in [2.05, 4.69) is 32.9 Å². The summed E-state index contributed by atoms with van der Waals surface area (Å²) in [4.78, 5) is 7.00. The number of nitrogens with one attached hydrogen (secondary N) is 1. The number of imidazole rings is 1. The summed E-state index contributed by atoms with van der Waals surface area (Å²) in [5, 5.41) is 3.45. The first-order valence-electron chi connectivity index (χ1n) is 6.18. The van der Waals surface area contributed by atoms with Gasteiger partial charge in [-0.2, -0.15) is 0 Å². The highest BCUT2D eigenvalue weighted by atomic mass is 15.2. The first kappa shape index (κ1) is 11.5. The van der Waals surface area contributed by atoms with Gasteiger partial charge in [-0.25, -0.2) is 4.98 Å². The van der Waals surface area contributed by atoms with E-state index in [9.17, 15) is 0 Å². The number of nitrogens with zero attached hydrogens (tertiary/aromatic N) is 3. The molecule has 0 aromatic carbocycles.